The van der Waals surface area contributed by atoms with E-state index in [1.807, 2.05) is 0 Å². The summed E-state index contributed by atoms with van der Waals surface area (Å²) in [5, 5.41) is 0.455. The average molecular weight is 275 g/mol. The third-order valence-electron chi connectivity index (χ3n) is 2.03. The number of hydrogen-bond acceptors (Lipinski definition) is 4. The molecule has 0 aliphatic carbocycles. The molecule has 1 saturated heterocycles. The average Bonchev–Trinajstić information content (AvgIpc) is 2.60. The summed E-state index contributed by atoms with van der Waals surface area (Å²) in [6.45, 7) is 1.75. The van der Waals surface area contributed by atoms with Crippen LogP contribution in [0.15, 0.2) is 9.98 Å². The highest BCUT2D eigenvalue weighted by atomic mass is 79.9. The lowest BCUT2D eigenvalue weighted by atomic mass is 10.1. The molecule has 0 aromatic carbocycles. The van der Waals surface area contributed by atoms with Crippen molar-refractivity contribution in [3.63, 3.8) is 0 Å². The summed E-state index contributed by atoms with van der Waals surface area (Å²) in [4.78, 5) is 28.2. The Morgan fingerprint density at radius 2 is 2.36 bits per heavy atom. The van der Waals surface area contributed by atoms with E-state index >= 15 is 0 Å². The number of halogens is 1. The van der Waals surface area contributed by atoms with E-state index in [1.165, 1.54) is 16.2 Å². The van der Waals surface area contributed by atoms with Crippen molar-refractivity contribution in [1.82, 2.24) is 4.98 Å². The second kappa shape index (κ2) is 3.43. The fourth-order valence-electron chi connectivity index (χ4n) is 1.33. The number of amides is 2. The molecule has 6 heteroatoms. The molecule has 2 rings (SSSR count). The van der Waals surface area contributed by atoms with Gasteiger partial charge in [0.1, 0.15) is 0 Å². The van der Waals surface area contributed by atoms with Crippen LogP contribution in [0.2, 0.25) is 0 Å². The van der Waals surface area contributed by atoms with E-state index in [2.05, 4.69) is 20.9 Å². The van der Waals surface area contributed by atoms with Crippen molar-refractivity contribution < 1.29 is 9.59 Å². The molecule has 1 aliphatic heterocycles. The molecule has 2 amide bonds. The van der Waals surface area contributed by atoms with Gasteiger partial charge in [-0.3, -0.25) is 9.59 Å². The first-order chi connectivity index (χ1) is 6.59. The van der Waals surface area contributed by atoms with E-state index in [0.717, 1.165) is 3.79 Å². The Labute approximate surface area is 93.1 Å². The number of aromatic nitrogens is 1. The Morgan fingerprint density at radius 1 is 1.64 bits per heavy atom. The van der Waals surface area contributed by atoms with E-state index in [9.17, 15) is 9.59 Å². The van der Waals surface area contributed by atoms with Crippen LogP contribution in [0, 0.1) is 5.92 Å². The van der Waals surface area contributed by atoms with Crippen molar-refractivity contribution in [2.75, 3.05) is 4.90 Å². The fraction of sp³-hybridized carbons (Fsp3) is 0.375. The van der Waals surface area contributed by atoms with Crippen LogP contribution < -0.4 is 4.90 Å². The molecule has 0 spiro atoms. The zero-order chi connectivity index (χ0) is 10.3. The highest BCUT2D eigenvalue weighted by Gasteiger charge is 2.38. The van der Waals surface area contributed by atoms with E-state index in [-0.39, 0.29) is 24.2 Å². The second-order valence-electron chi connectivity index (χ2n) is 3.12. The molecule has 14 heavy (non-hydrogen) atoms. The molecule has 1 fully saturated rings. The predicted octanol–water partition coefficient (Wildman–Crippen LogP) is 1.80. The van der Waals surface area contributed by atoms with Crippen LogP contribution >= 0.6 is 27.3 Å². The maximum Gasteiger partial charge on any atom is 0.238 e. The largest absolute Gasteiger partial charge is 0.274 e. The number of carbonyl (C=O) groups excluding carboxylic acids is 2. The highest BCUT2D eigenvalue weighted by molar-refractivity contribution is 9.11. The molecule has 1 unspecified atom stereocenters. The van der Waals surface area contributed by atoms with Crippen LogP contribution in [0.5, 0.6) is 0 Å². The molecule has 2 heterocycles. The summed E-state index contributed by atoms with van der Waals surface area (Å²) in [6.07, 6.45) is 1.87. The Bertz CT molecular complexity index is 404. The van der Waals surface area contributed by atoms with Crippen molar-refractivity contribution in [2.45, 2.75) is 13.3 Å². The van der Waals surface area contributed by atoms with Gasteiger partial charge in [0.2, 0.25) is 11.8 Å². The summed E-state index contributed by atoms with van der Waals surface area (Å²) in [7, 11) is 0. The van der Waals surface area contributed by atoms with Crippen LogP contribution in [0.3, 0.4) is 0 Å². The lowest BCUT2D eigenvalue weighted by molar-refractivity contribution is -0.122. The molecule has 0 radical (unpaired) electrons. The number of carbonyl (C=O) groups is 2. The fourth-order valence-corrected chi connectivity index (χ4v) is 2.54. The first kappa shape index (κ1) is 9.79. The number of anilines is 1. The minimum absolute atomic E-state index is 0.156. The number of thiazole rings is 1. The van der Waals surface area contributed by atoms with Gasteiger partial charge in [0.15, 0.2) is 5.13 Å². The Kier molecular flexibility index (Phi) is 2.40. The SMILES string of the molecule is CC1CC(=O)N(c2ncc(Br)s2)C1=O. The van der Waals surface area contributed by atoms with Crippen molar-refractivity contribution in [3.05, 3.63) is 9.98 Å². The van der Waals surface area contributed by atoms with Gasteiger partial charge in [-0.05, 0) is 15.9 Å². The first-order valence-electron chi connectivity index (χ1n) is 4.07. The van der Waals surface area contributed by atoms with E-state index in [4.69, 9.17) is 0 Å². The van der Waals surface area contributed by atoms with Crippen molar-refractivity contribution in [3.8, 4) is 0 Å². The lowest BCUT2D eigenvalue weighted by Crippen LogP contribution is -2.29. The summed E-state index contributed by atoms with van der Waals surface area (Å²) < 4.78 is 0.813. The van der Waals surface area contributed by atoms with Crippen molar-refractivity contribution in [1.29, 1.82) is 0 Å². The summed E-state index contributed by atoms with van der Waals surface area (Å²) in [5.41, 5.74) is 0. The number of nitrogens with zero attached hydrogens (tertiary/aromatic N) is 2. The van der Waals surface area contributed by atoms with Crippen LogP contribution in [-0.4, -0.2) is 16.8 Å². The zero-order valence-corrected chi connectivity index (χ0v) is 9.76. The zero-order valence-electron chi connectivity index (χ0n) is 7.36. The van der Waals surface area contributed by atoms with E-state index in [1.54, 1.807) is 13.1 Å². The van der Waals surface area contributed by atoms with Gasteiger partial charge in [0, 0.05) is 12.3 Å². The molecule has 0 saturated carbocycles. The van der Waals surface area contributed by atoms with Gasteiger partial charge in [-0.2, -0.15) is 0 Å². The Hall–Kier alpha value is -0.750. The molecule has 1 atom stereocenters. The van der Waals surface area contributed by atoms with Gasteiger partial charge in [-0.1, -0.05) is 18.3 Å². The quantitative estimate of drug-likeness (QED) is 0.734. The number of rotatable bonds is 1. The minimum Gasteiger partial charge on any atom is -0.274 e. The van der Waals surface area contributed by atoms with Crippen LogP contribution in [0.1, 0.15) is 13.3 Å². The molecule has 0 N–H and O–H groups in total. The molecule has 1 aromatic heterocycles. The summed E-state index contributed by atoms with van der Waals surface area (Å²) in [5.74, 6) is -0.536. The maximum atomic E-state index is 11.6. The second-order valence-corrected chi connectivity index (χ2v) is 5.51. The maximum absolute atomic E-state index is 11.6. The van der Waals surface area contributed by atoms with Crippen LogP contribution in [-0.2, 0) is 9.59 Å². The minimum atomic E-state index is -0.217. The van der Waals surface area contributed by atoms with Gasteiger partial charge in [0.05, 0.1) is 9.98 Å². The molecular formula is C8H7BrN2O2S. The van der Waals surface area contributed by atoms with Gasteiger partial charge < -0.3 is 0 Å². The van der Waals surface area contributed by atoms with E-state index in [0.29, 0.717) is 5.13 Å². The summed E-state index contributed by atoms with van der Waals surface area (Å²) >= 11 is 4.53. The highest BCUT2D eigenvalue weighted by Crippen LogP contribution is 2.31. The number of imide groups is 1. The van der Waals surface area contributed by atoms with Gasteiger partial charge in [0.25, 0.3) is 0 Å². The normalized spacial score (nSPS) is 22.1. The monoisotopic (exact) mass is 274 g/mol. The molecule has 0 bridgehead atoms. The Balaban J connectivity index is 2.35. The van der Waals surface area contributed by atoms with E-state index < -0.39 is 0 Å². The molecule has 4 nitrogen and oxygen atoms in total. The lowest BCUT2D eigenvalue weighted by Gasteiger charge is -2.08. The predicted molar refractivity (Wildman–Crippen MR) is 56.1 cm³/mol. The van der Waals surface area contributed by atoms with Crippen molar-refractivity contribution in [2.24, 2.45) is 5.92 Å². The number of hydrogen-bond donors (Lipinski definition) is 0. The van der Waals surface area contributed by atoms with Gasteiger partial charge in [-0.15, -0.1) is 0 Å². The van der Waals surface area contributed by atoms with Gasteiger partial charge >= 0.3 is 0 Å². The topological polar surface area (TPSA) is 50.3 Å². The van der Waals surface area contributed by atoms with Crippen LogP contribution in [0.4, 0.5) is 5.13 Å². The third kappa shape index (κ3) is 1.48. The third-order valence-corrected chi connectivity index (χ3v) is 3.49. The summed E-state index contributed by atoms with van der Waals surface area (Å²) in [6, 6.07) is 0. The molecular weight excluding hydrogens is 268 g/mol. The standard InChI is InChI=1S/C8H7BrN2O2S/c1-4-2-6(12)11(7(4)13)8-10-3-5(9)14-8/h3-4H,2H2,1H3. The molecule has 74 valence electrons. The van der Waals surface area contributed by atoms with Gasteiger partial charge in [-0.25, -0.2) is 9.88 Å². The smallest absolute Gasteiger partial charge is 0.238 e. The van der Waals surface area contributed by atoms with Crippen LogP contribution in [0.25, 0.3) is 0 Å². The Morgan fingerprint density at radius 3 is 2.79 bits per heavy atom. The first-order valence-corrected chi connectivity index (χ1v) is 5.68. The molecule has 1 aliphatic rings. The van der Waals surface area contributed by atoms with Crippen molar-refractivity contribution >= 4 is 44.2 Å². The molecule has 1 aromatic rings.